The molecule has 17 heteroatoms. The number of thiazole rings is 1. The van der Waals surface area contributed by atoms with E-state index in [2.05, 4.69) is 26.3 Å². The van der Waals surface area contributed by atoms with E-state index >= 15 is 0 Å². The average Bonchev–Trinajstić information content (AvgIpc) is 4.13. The van der Waals surface area contributed by atoms with Gasteiger partial charge in [-0.2, -0.15) is 0 Å². The molecule has 3 aliphatic rings. The van der Waals surface area contributed by atoms with Crippen LogP contribution in [0.3, 0.4) is 0 Å². The van der Waals surface area contributed by atoms with Gasteiger partial charge in [-0.1, -0.05) is 32.4 Å². The van der Waals surface area contributed by atoms with Gasteiger partial charge in [0.05, 0.1) is 55.0 Å². The number of nitrogens with zero attached hydrogens (tertiary/aromatic N) is 1. The summed E-state index contributed by atoms with van der Waals surface area (Å²) in [5.41, 5.74) is 0.409. The van der Waals surface area contributed by atoms with E-state index in [4.69, 9.17) is 42.9 Å². The standard InChI is InChI=1S/C57H67NO14S2/c1-5-49(59)67-35-13-9-7-11-33-65-38(3)17-18-39(4)69-54(61)40-19-23-43(24-20-40)57(64)72-47-32-31-46(51-52(47)74-53(58-51)48-16-15-37-73-48)71-56(63)42-25-21-41(22-26-42)55(62)70-45-29-27-44(28-30-45)66-34-12-8-10-14-36-68-50(60)6-2/h5-6,15-18,27-29,31-32,37,40-43,45H,1-4,7-14,19-26,30,33-36H2/b18-17-/t40?,41-,42-,43?,45?. The van der Waals surface area contributed by atoms with Crippen LogP contribution < -0.4 is 9.47 Å². The van der Waals surface area contributed by atoms with Gasteiger partial charge in [-0.05, 0) is 157 Å². The summed E-state index contributed by atoms with van der Waals surface area (Å²) < 4.78 is 45.4. The molecule has 0 N–H and O–H groups in total. The van der Waals surface area contributed by atoms with E-state index in [0.717, 1.165) is 74.2 Å². The lowest BCUT2D eigenvalue weighted by atomic mass is 9.82. The van der Waals surface area contributed by atoms with Crippen molar-refractivity contribution in [2.24, 2.45) is 23.7 Å². The third-order valence-electron chi connectivity index (χ3n) is 12.8. The smallest absolute Gasteiger partial charge is 0.330 e. The summed E-state index contributed by atoms with van der Waals surface area (Å²) in [6, 6.07) is 7.10. The summed E-state index contributed by atoms with van der Waals surface area (Å²) >= 11 is 2.86. The molecule has 1 aromatic carbocycles. The average molecular weight is 1050 g/mol. The van der Waals surface area contributed by atoms with Gasteiger partial charge in [0.2, 0.25) is 0 Å². The van der Waals surface area contributed by atoms with Gasteiger partial charge >= 0.3 is 35.8 Å². The third kappa shape index (κ3) is 18.1. The minimum Gasteiger partial charge on any atom is -0.494 e. The molecule has 0 aliphatic heterocycles. The molecule has 1 unspecified atom stereocenters. The zero-order valence-corrected chi connectivity index (χ0v) is 43.6. The number of esters is 6. The highest BCUT2D eigenvalue weighted by molar-refractivity contribution is 7.25. The van der Waals surface area contributed by atoms with Crippen molar-refractivity contribution >= 4 is 68.7 Å². The molecule has 0 saturated heterocycles. The second kappa shape index (κ2) is 29.9. The molecular weight excluding hydrogens is 987 g/mol. The third-order valence-corrected chi connectivity index (χ3v) is 15.0. The number of fused-ring (bicyclic) bond motifs is 1. The maximum absolute atomic E-state index is 13.7. The van der Waals surface area contributed by atoms with Gasteiger partial charge in [-0.15, -0.1) is 22.7 Å². The zero-order valence-electron chi connectivity index (χ0n) is 42.0. The Labute approximate surface area is 440 Å². The van der Waals surface area contributed by atoms with E-state index in [-0.39, 0.29) is 29.5 Å². The first kappa shape index (κ1) is 56.7. The van der Waals surface area contributed by atoms with Gasteiger partial charge in [0.25, 0.3) is 0 Å². The highest BCUT2D eigenvalue weighted by atomic mass is 32.1. The molecule has 3 aromatic rings. The molecular formula is C57H67NO14S2. The Kier molecular flexibility index (Phi) is 22.9. The highest BCUT2D eigenvalue weighted by Crippen LogP contribution is 2.43. The van der Waals surface area contributed by atoms with Crippen LogP contribution >= 0.6 is 22.7 Å². The number of carbonyl (C=O) groups is 6. The van der Waals surface area contributed by atoms with Crippen molar-refractivity contribution in [1.29, 1.82) is 0 Å². The second-order valence-electron chi connectivity index (χ2n) is 18.3. The molecule has 2 saturated carbocycles. The molecule has 0 spiro atoms. The number of carbonyl (C=O) groups excluding carboxylic acids is 6. The normalized spacial score (nSPS) is 19.4. The maximum atomic E-state index is 13.7. The Balaban J connectivity index is 0.910. The lowest BCUT2D eigenvalue weighted by molar-refractivity contribution is -0.155. The summed E-state index contributed by atoms with van der Waals surface area (Å²) in [5.74, 6) is -2.07. The highest BCUT2D eigenvalue weighted by Gasteiger charge is 2.35. The Hall–Kier alpha value is -6.59. The molecule has 74 heavy (non-hydrogen) atoms. The van der Waals surface area contributed by atoms with Gasteiger partial charge in [0, 0.05) is 18.6 Å². The number of ether oxygens (including phenoxy) is 8. The zero-order chi connectivity index (χ0) is 52.7. The van der Waals surface area contributed by atoms with Gasteiger partial charge in [0.15, 0.2) is 11.5 Å². The molecule has 3 aliphatic carbocycles. The number of aromatic nitrogens is 1. The Morgan fingerprint density at radius 1 is 0.622 bits per heavy atom. The Morgan fingerprint density at radius 2 is 1.15 bits per heavy atom. The number of allylic oxidation sites excluding steroid dienone is 3. The SMILES string of the molecule is C=CC(=O)OCCCCCCOC(=C)/C=C\C(=C)OC(=O)C1CCC(C(=O)Oc2ccc(OC(=O)[C@H]3CC[C@H](C(=O)OC4C=CC(OCCCCCCOC(=O)C=C)=CC4)CC3)c3nc(-c4cccs4)sc23)CC1. The van der Waals surface area contributed by atoms with Crippen LogP contribution in [0.5, 0.6) is 11.5 Å². The predicted octanol–water partition coefficient (Wildman–Crippen LogP) is 11.9. The molecule has 0 amide bonds. The molecule has 0 bridgehead atoms. The quantitative estimate of drug-likeness (QED) is 0.0121. The van der Waals surface area contributed by atoms with Crippen LogP contribution in [0.2, 0.25) is 0 Å². The lowest BCUT2D eigenvalue weighted by Gasteiger charge is -2.27. The van der Waals surface area contributed by atoms with Gasteiger partial charge < -0.3 is 37.9 Å². The van der Waals surface area contributed by atoms with Crippen LogP contribution in [-0.4, -0.2) is 73.3 Å². The molecule has 0 radical (unpaired) electrons. The Bertz CT molecular complexity index is 2540. The minimum absolute atomic E-state index is 0.154. The van der Waals surface area contributed by atoms with E-state index in [0.29, 0.717) is 111 Å². The second-order valence-corrected chi connectivity index (χ2v) is 20.3. The molecule has 396 valence electrons. The lowest BCUT2D eigenvalue weighted by Crippen LogP contribution is -2.31. The molecule has 2 aromatic heterocycles. The molecule has 2 heterocycles. The van der Waals surface area contributed by atoms with Crippen LogP contribution in [-0.2, 0) is 57.2 Å². The Morgan fingerprint density at radius 3 is 1.70 bits per heavy atom. The van der Waals surface area contributed by atoms with Crippen LogP contribution in [0.25, 0.3) is 20.1 Å². The molecule has 1 atom stereocenters. The maximum Gasteiger partial charge on any atom is 0.330 e. The van der Waals surface area contributed by atoms with Crippen LogP contribution in [0, 0.1) is 23.7 Å². The summed E-state index contributed by atoms with van der Waals surface area (Å²) in [4.78, 5) is 81.5. The number of thiophene rings is 1. The van der Waals surface area contributed by atoms with E-state index in [1.165, 1.54) is 28.7 Å². The summed E-state index contributed by atoms with van der Waals surface area (Å²) in [6.45, 7) is 16.2. The van der Waals surface area contributed by atoms with Crippen molar-refractivity contribution in [3.05, 3.63) is 116 Å². The number of rotatable bonds is 29. The van der Waals surface area contributed by atoms with Crippen LogP contribution in [0.1, 0.15) is 109 Å². The fourth-order valence-electron chi connectivity index (χ4n) is 8.62. The molecule has 6 rings (SSSR count). The first-order chi connectivity index (χ1) is 35.9. The van der Waals surface area contributed by atoms with E-state index < -0.39 is 47.6 Å². The summed E-state index contributed by atoms with van der Waals surface area (Å²) in [6.07, 6.45) is 21.7. The number of benzene rings is 1. The number of hydrogen-bond acceptors (Lipinski definition) is 17. The van der Waals surface area contributed by atoms with E-state index in [1.807, 2.05) is 35.7 Å². The minimum atomic E-state index is -0.438. The monoisotopic (exact) mass is 1050 g/mol. The fraction of sp³-hybridized carbons (Fsp3) is 0.456. The van der Waals surface area contributed by atoms with Crippen LogP contribution in [0.15, 0.2) is 116 Å². The fourth-order valence-corrected chi connectivity index (χ4v) is 10.4. The van der Waals surface area contributed by atoms with Crippen molar-refractivity contribution in [2.75, 3.05) is 26.4 Å². The van der Waals surface area contributed by atoms with Gasteiger partial charge in [-0.3, -0.25) is 19.2 Å². The largest absolute Gasteiger partial charge is 0.494 e. The predicted molar refractivity (Wildman–Crippen MR) is 281 cm³/mol. The summed E-state index contributed by atoms with van der Waals surface area (Å²) in [5, 5.41) is 2.64. The first-order valence-electron chi connectivity index (χ1n) is 25.5. The van der Waals surface area contributed by atoms with Gasteiger partial charge in [-0.25, -0.2) is 14.6 Å². The number of unbranched alkanes of at least 4 members (excludes halogenated alkanes) is 6. The molecule has 15 nitrogen and oxygen atoms in total. The topological polar surface area (TPSA) is 189 Å². The van der Waals surface area contributed by atoms with Crippen molar-refractivity contribution in [2.45, 2.75) is 115 Å². The molecule has 2 fully saturated rings. The van der Waals surface area contributed by atoms with E-state index in [9.17, 15) is 28.8 Å². The van der Waals surface area contributed by atoms with E-state index in [1.54, 1.807) is 18.2 Å². The van der Waals surface area contributed by atoms with Crippen molar-refractivity contribution in [3.8, 4) is 21.4 Å². The van der Waals surface area contributed by atoms with Gasteiger partial charge in [0.1, 0.15) is 38.6 Å². The van der Waals surface area contributed by atoms with Crippen molar-refractivity contribution in [3.63, 3.8) is 0 Å². The summed E-state index contributed by atoms with van der Waals surface area (Å²) in [7, 11) is 0. The first-order valence-corrected chi connectivity index (χ1v) is 27.2. The van der Waals surface area contributed by atoms with Crippen molar-refractivity contribution < 1.29 is 66.7 Å². The van der Waals surface area contributed by atoms with Crippen LogP contribution in [0.4, 0.5) is 0 Å². The van der Waals surface area contributed by atoms with Crippen molar-refractivity contribution in [1.82, 2.24) is 4.98 Å². The number of hydrogen-bond donors (Lipinski definition) is 0.